The van der Waals surface area contributed by atoms with E-state index in [4.69, 9.17) is 0 Å². The molecule has 0 spiro atoms. The van der Waals surface area contributed by atoms with E-state index in [2.05, 4.69) is 12.0 Å². The molecule has 1 saturated heterocycles. The smallest absolute Gasteiger partial charge is 0.286 e. The second-order valence-corrected chi connectivity index (χ2v) is 3.34. The van der Waals surface area contributed by atoms with Crippen molar-refractivity contribution in [1.29, 1.82) is 0 Å². The highest BCUT2D eigenvalue weighted by Gasteiger charge is 2.29. The first kappa shape index (κ1) is 12.3. The molecule has 16 heavy (non-hydrogen) atoms. The number of nitrogens with one attached hydrogen (secondary N) is 1. The summed E-state index contributed by atoms with van der Waals surface area (Å²) in [4.78, 5) is 24.1. The summed E-state index contributed by atoms with van der Waals surface area (Å²) >= 11 is 0. The molecule has 0 aliphatic carbocycles. The van der Waals surface area contributed by atoms with Gasteiger partial charge < -0.3 is 10.0 Å². The Kier molecular flexibility index (Phi) is 3.68. The molecule has 0 bridgehead atoms. The van der Waals surface area contributed by atoms with Crippen LogP contribution in [0.3, 0.4) is 0 Å². The van der Waals surface area contributed by atoms with Gasteiger partial charge in [0.1, 0.15) is 0 Å². The number of carbonyl (C=O) groups is 2. The maximum Gasteiger partial charge on any atom is 0.286 e. The molecule has 1 rings (SSSR count). The maximum atomic E-state index is 11.7. The van der Waals surface area contributed by atoms with Crippen LogP contribution < -0.4 is 5.43 Å². The molecule has 0 atom stereocenters. The number of aliphatic hydroxyl groups is 1. The van der Waals surface area contributed by atoms with Crippen molar-refractivity contribution in [2.45, 2.75) is 13.8 Å². The molecule has 1 fully saturated rings. The molecule has 0 aromatic heterocycles. The number of nitrogens with zero attached hydrogens (tertiary/aromatic N) is 2. The lowest BCUT2D eigenvalue weighted by atomic mass is 10.2. The summed E-state index contributed by atoms with van der Waals surface area (Å²) in [7, 11) is 0. The fourth-order valence-electron chi connectivity index (χ4n) is 1.36. The summed E-state index contributed by atoms with van der Waals surface area (Å²) in [6.45, 7) is 7.58. The molecule has 88 valence electrons. The third kappa shape index (κ3) is 2.22. The van der Waals surface area contributed by atoms with Gasteiger partial charge >= 0.3 is 0 Å². The number of ketones is 1. The average Bonchev–Trinajstić information content (AvgIpc) is 2.26. The summed E-state index contributed by atoms with van der Waals surface area (Å²) in [6, 6.07) is 0. The van der Waals surface area contributed by atoms with E-state index in [0.717, 1.165) is 0 Å². The van der Waals surface area contributed by atoms with E-state index in [1.54, 1.807) is 5.01 Å². The number of amides is 1. The van der Waals surface area contributed by atoms with Crippen molar-refractivity contribution >= 4 is 11.7 Å². The molecule has 1 aliphatic rings. The molecule has 0 aromatic carbocycles. The van der Waals surface area contributed by atoms with Gasteiger partial charge in [0.05, 0.1) is 6.67 Å². The van der Waals surface area contributed by atoms with Gasteiger partial charge in [-0.3, -0.25) is 15.0 Å². The summed E-state index contributed by atoms with van der Waals surface area (Å²) < 4.78 is 0. The number of aliphatic hydroxyl groups excluding tert-OH is 1. The average molecular weight is 225 g/mol. The zero-order valence-corrected chi connectivity index (χ0v) is 9.36. The number of allylic oxidation sites excluding steroid dienone is 1. The SMILES string of the molecule is C=CN1CN(CC)NC(=O)/C1=C(\O)C(C)=O. The molecule has 2 N–H and O–H groups in total. The molecule has 6 heteroatoms. The monoisotopic (exact) mass is 225 g/mol. The van der Waals surface area contributed by atoms with Crippen LogP contribution >= 0.6 is 0 Å². The highest BCUT2D eigenvalue weighted by Crippen LogP contribution is 2.15. The number of hydrogen-bond donors (Lipinski definition) is 2. The molecular formula is C10H15N3O3. The van der Waals surface area contributed by atoms with Gasteiger partial charge in [-0.15, -0.1) is 0 Å². The Morgan fingerprint density at radius 2 is 2.31 bits per heavy atom. The van der Waals surface area contributed by atoms with Crippen LogP contribution in [0.1, 0.15) is 13.8 Å². The number of Topliss-reactive ketones (excluding diaryl/α,β-unsaturated/α-hetero) is 1. The lowest BCUT2D eigenvalue weighted by Gasteiger charge is -2.35. The number of hydrazine groups is 1. The fourth-order valence-corrected chi connectivity index (χ4v) is 1.36. The van der Waals surface area contributed by atoms with Crippen LogP contribution in [-0.2, 0) is 9.59 Å². The molecule has 6 nitrogen and oxygen atoms in total. The molecule has 0 unspecified atom stereocenters. The normalized spacial score (nSPS) is 20.4. The van der Waals surface area contributed by atoms with Crippen LogP contribution in [0.5, 0.6) is 0 Å². The van der Waals surface area contributed by atoms with E-state index < -0.39 is 17.4 Å². The number of hydrogen-bond acceptors (Lipinski definition) is 5. The van der Waals surface area contributed by atoms with Crippen molar-refractivity contribution in [1.82, 2.24) is 15.3 Å². The van der Waals surface area contributed by atoms with Crippen LogP contribution in [0, 0.1) is 0 Å². The second-order valence-electron chi connectivity index (χ2n) is 3.34. The van der Waals surface area contributed by atoms with Crippen LogP contribution in [-0.4, -0.2) is 39.9 Å². The van der Waals surface area contributed by atoms with Crippen molar-refractivity contribution in [2.75, 3.05) is 13.2 Å². The molecule has 1 amide bonds. The Morgan fingerprint density at radius 1 is 1.69 bits per heavy atom. The Balaban J connectivity index is 3.09. The second kappa shape index (κ2) is 4.80. The Bertz CT molecular complexity index is 362. The number of carbonyl (C=O) groups excluding carboxylic acids is 2. The van der Waals surface area contributed by atoms with Gasteiger partial charge in [0, 0.05) is 13.5 Å². The van der Waals surface area contributed by atoms with Gasteiger partial charge in [-0.05, 0) is 6.20 Å². The zero-order chi connectivity index (χ0) is 12.3. The molecule has 0 aromatic rings. The lowest BCUT2D eigenvalue weighted by Crippen LogP contribution is -2.55. The third-order valence-electron chi connectivity index (χ3n) is 2.24. The predicted molar refractivity (Wildman–Crippen MR) is 57.8 cm³/mol. The Labute approximate surface area is 93.8 Å². The van der Waals surface area contributed by atoms with Gasteiger partial charge in [0.25, 0.3) is 5.91 Å². The van der Waals surface area contributed by atoms with Crippen LogP contribution in [0.25, 0.3) is 0 Å². The van der Waals surface area contributed by atoms with Crippen molar-refractivity contribution in [3.63, 3.8) is 0 Å². The highest BCUT2D eigenvalue weighted by molar-refractivity contribution is 6.02. The van der Waals surface area contributed by atoms with Crippen molar-refractivity contribution in [3.8, 4) is 0 Å². The summed E-state index contributed by atoms with van der Waals surface area (Å²) in [6.07, 6.45) is 1.40. The molecular weight excluding hydrogens is 210 g/mol. The van der Waals surface area contributed by atoms with Gasteiger partial charge in [-0.25, -0.2) is 5.01 Å². The van der Waals surface area contributed by atoms with Gasteiger partial charge in [0.15, 0.2) is 17.2 Å². The zero-order valence-electron chi connectivity index (χ0n) is 9.36. The first-order valence-electron chi connectivity index (χ1n) is 4.90. The van der Waals surface area contributed by atoms with E-state index in [0.29, 0.717) is 13.2 Å². The molecule has 1 heterocycles. The topological polar surface area (TPSA) is 72.9 Å². The molecule has 0 radical (unpaired) electrons. The maximum absolute atomic E-state index is 11.7. The summed E-state index contributed by atoms with van der Waals surface area (Å²) in [5.74, 6) is -1.61. The van der Waals surface area contributed by atoms with Crippen molar-refractivity contribution < 1.29 is 14.7 Å². The minimum Gasteiger partial charge on any atom is -0.503 e. The largest absolute Gasteiger partial charge is 0.503 e. The van der Waals surface area contributed by atoms with Gasteiger partial charge in [-0.1, -0.05) is 13.5 Å². The number of rotatable bonds is 3. The minimum absolute atomic E-state index is 0.0628. The van der Waals surface area contributed by atoms with E-state index in [1.165, 1.54) is 18.0 Å². The Morgan fingerprint density at radius 3 is 2.75 bits per heavy atom. The van der Waals surface area contributed by atoms with E-state index in [-0.39, 0.29) is 5.70 Å². The Hall–Kier alpha value is -1.82. The van der Waals surface area contributed by atoms with Crippen LogP contribution in [0.15, 0.2) is 24.2 Å². The predicted octanol–water partition coefficient (Wildman–Crippen LogP) is 0.115. The van der Waals surface area contributed by atoms with E-state index in [9.17, 15) is 14.7 Å². The summed E-state index contributed by atoms with van der Waals surface area (Å²) in [5, 5.41) is 11.2. The van der Waals surface area contributed by atoms with Crippen LogP contribution in [0.2, 0.25) is 0 Å². The first-order chi connectivity index (χ1) is 7.51. The van der Waals surface area contributed by atoms with Gasteiger partial charge in [-0.2, -0.15) is 0 Å². The van der Waals surface area contributed by atoms with E-state index >= 15 is 0 Å². The standard InChI is InChI=1S/C10H15N3O3/c1-4-12-6-13(5-2)11-10(16)8(12)9(15)7(3)14/h4,15H,1,5-6H2,2-3H3,(H,11,16)/b9-8+. The highest BCUT2D eigenvalue weighted by atomic mass is 16.3. The summed E-state index contributed by atoms with van der Waals surface area (Å²) in [5.41, 5.74) is 2.49. The third-order valence-corrected chi connectivity index (χ3v) is 2.24. The fraction of sp³-hybridized carbons (Fsp3) is 0.400. The van der Waals surface area contributed by atoms with Gasteiger partial charge in [0.2, 0.25) is 0 Å². The first-order valence-corrected chi connectivity index (χ1v) is 4.90. The molecule has 0 saturated carbocycles. The van der Waals surface area contributed by atoms with Crippen LogP contribution in [0.4, 0.5) is 0 Å². The minimum atomic E-state index is -0.554. The van der Waals surface area contributed by atoms with E-state index in [1.807, 2.05) is 6.92 Å². The quantitative estimate of drug-likeness (QED) is 0.527. The van der Waals surface area contributed by atoms with Crippen molar-refractivity contribution in [3.05, 3.63) is 24.2 Å². The lowest BCUT2D eigenvalue weighted by molar-refractivity contribution is -0.129. The van der Waals surface area contributed by atoms with Crippen molar-refractivity contribution in [2.24, 2.45) is 0 Å². The molecule has 1 aliphatic heterocycles.